The van der Waals surface area contributed by atoms with Crippen LogP contribution in [0.15, 0.2) is 0 Å². The lowest BCUT2D eigenvalue weighted by molar-refractivity contribution is -0.146. The number of halogens is 2. The smallest absolute Gasteiger partial charge is 0.323 e. The summed E-state index contributed by atoms with van der Waals surface area (Å²) in [7, 11) is 1.29. The molecule has 1 atom stereocenters. The summed E-state index contributed by atoms with van der Waals surface area (Å²) < 4.78 is 28.9. The van der Waals surface area contributed by atoms with E-state index in [1.165, 1.54) is 7.11 Å². The van der Waals surface area contributed by atoms with Gasteiger partial charge in [-0.25, -0.2) is 8.78 Å². The van der Waals surface area contributed by atoms with E-state index < -0.39 is 25.0 Å². The molecule has 0 aromatic carbocycles. The van der Waals surface area contributed by atoms with Crippen LogP contribution in [0.4, 0.5) is 8.78 Å². The minimum absolute atomic E-state index is 0.120. The third-order valence-corrected chi connectivity index (χ3v) is 1.81. The van der Waals surface area contributed by atoms with Crippen molar-refractivity contribution in [2.45, 2.75) is 12.5 Å². The molecule has 15 heavy (non-hydrogen) atoms. The standard InChI is InChI=1S/C8H15F2NO4/c1-15-5-6(8(13)14)11(2-3-12)4-7(9)10/h6-7,12H,2-5H2,1H3,(H,13,14). The number of carboxylic acid groups (broad SMARTS) is 1. The van der Waals surface area contributed by atoms with Crippen LogP contribution < -0.4 is 0 Å². The molecule has 0 saturated carbocycles. The van der Waals surface area contributed by atoms with Crippen molar-refractivity contribution in [3.8, 4) is 0 Å². The molecule has 0 heterocycles. The molecule has 7 heteroatoms. The molecule has 0 aromatic heterocycles. The predicted octanol–water partition coefficient (Wildman–Crippen LogP) is -0.355. The van der Waals surface area contributed by atoms with Gasteiger partial charge in [0.2, 0.25) is 0 Å². The molecule has 0 aliphatic rings. The van der Waals surface area contributed by atoms with Crippen LogP contribution in [-0.2, 0) is 9.53 Å². The zero-order chi connectivity index (χ0) is 11.8. The zero-order valence-electron chi connectivity index (χ0n) is 8.40. The van der Waals surface area contributed by atoms with Gasteiger partial charge in [0.15, 0.2) is 0 Å². The second-order valence-corrected chi connectivity index (χ2v) is 2.92. The van der Waals surface area contributed by atoms with Crippen molar-refractivity contribution in [2.24, 2.45) is 0 Å². The fourth-order valence-electron chi connectivity index (χ4n) is 1.17. The molecule has 0 spiro atoms. The first kappa shape index (κ1) is 14.2. The number of methoxy groups -OCH3 is 1. The second kappa shape index (κ2) is 7.49. The number of carboxylic acids is 1. The third kappa shape index (κ3) is 5.60. The van der Waals surface area contributed by atoms with Gasteiger partial charge < -0.3 is 14.9 Å². The van der Waals surface area contributed by atoms with Gasteiger partial charge in [-0.15, -0.1) is 0 Å². The van der Waals surface area contributed by atoms with Gasteiger partial charge in [-0.1, -0.05) is 0 Å². The lowest BCUT2D eigenvalue weighted by Crippen LogP contribution is -2.47. The molecule has 0 aliphatic heterocycles. The molecule has 2 N–H and O–H groups in total. The topological polar surface area (TPSA) is 70.0 Å². The molecule has 5 nitrogen and oxygen atoms in total. The van der Waals surface area contributed by atoms with Gasteiger partial charge in [0.25, 0.3) is 6.43 Å². The first-order valence-corrected chi connectivity index (χ1v) is 4.37. The van der Waals surface area contributed by atoms with Crippen molar-refractivity contribution in [3.63, 3.8) is 0 Å². The summed E-state index contributed by atoms with van der Waals surface area (Å²) in [6, 6.07) is -1.16. The van der Waals surface area contributed by atoms with Gasteiger partial charge in [0, 0.05) is 13.7 Å². The number of aliphatic carboxylic acids is 1. The Bertz CT molecular complexity index is 191. The maximum absolute atomic E-state index is 12.1. The highest BCUT2D eigenvalue weighted by Crippen LogP contribution is 2.05. The van der Waals surface area contributed by atoms with E-state index in [1.54, 1.807) is 0 Å². The highest BCUT2D eigenvalue weighted by molar-refractivity contribution is 5.73. The number of aliphatic hydroxyl groups excluding tert-OH is 1. The molecule has 0 bridgehead atoms. The largest absolute Gasteiger partial charge is 0.480 e. The van der Waals surface area contributed by atoms with Gasteiger partial charge >= 0.3 is 5.97 Å². The average Bonchev–Trinajstić information content (AvgIpc) is 2.12. The summed E-state index contributed by atoms with van der Waals surface area (Å²) in [6.45, 7) is -1.38. The number of nitrogens with zero attached hydrogens (tertiary/aromatic N) is 1. The molecule has 0 aromatic rings. The van der Waals surface area contributed by atoms with E-state index in [-0.39, 0.29) is 19.8 Å². The highest BCUT2D eigenvalue weighted by atomic mass is 19.3. The van der Waals surface area contributed by atoms with Crippen LogP contribution in [0, 0.1) is 0 Å². The van der Waals surface area contributed by atoms with E-state index in [4.69, 9.17) is 10.2 Å². The van der Waals surface area contributed by atoms with Gasteiger partial charge in [-0.3, -0.25) is 9.69 Å². The van der Waals surface area contributed by atoms with Gasteiger partial charge in [-0.05, 0) is 0 Å². The number of alkyl halides is 2. The Morgan fingerprint density at radius 1 is 1.53 bits per heavy atom. The molecule has 0 radical (unpaired) electrons. The molecule has 1 unspecified atom stereocenters. The Balaban J connectivity index is 4.43. The van der Waals surface area contributed by atoms with Crippen molar-refractivity contribution >= 4 is 5.97 Å². The number of rotatable bonds is 8. The van der Waals surface area contributed by atoms with E-state index in [2.05, 4.69) is 4.74 Å². The highest BCUT2D eigenvalue weighted by Gasteiger charge is 2.27. The lowest BCUT2D eigenvalue weighted by atomic mass is 10.2. The fraction of sp³-hybridized carbons (Fsp3) is 0.875. The van der Waals surface area contributed by atoms with Crippen LogP contribution in [0.25, 0.3) is 0 Å². The summed E-state index contributed by atoms with van der Waals surface area (Å²) in [6.07, 6.45) is -2.64. The summed E-state index contributed by atoms with van der Waals surface area (Å²) in [4.78, 5) is 11.7. The van der Waals surface area contributed by atoms with Crippen molar-refractivity contribution in [1.82, 2.24) is 4.90 Å². The van der Waals surface area contributed by atoms with E-state index >= 15 is 0 Å². The number of ether oxygens (including phenoxy) is 1. The SMILES string of the molecule is COCC(C(=O)O)N(CCO)CC(F)F. The van der Waals surface area contributed by atoms with E-state index in [9.17, 15) is 13.6 Å². The summed E-state index contributed by atoms with van der Waals surface area (Å²) in [5, 5.41) is 17.4. The molecule has 90 valence electrons. The summed E-state index contributed by atoms with van der Waals surface area (Å²) in [5.41, 5.74) is 0. The maximum Gasteiger partial charge on any atom is 0.323 e. The Kier molecular flexibility index (Phi) is 7.10. The molecule has 0 rings (SSSR count). The lowest BCUT2D eigenvalue weighted by Gasteiger charge is -2.27. The van der Waals surface area contributed by atoms with Crippen LogP contribution in [0.3, 0.4) is 0 Å². The van der Waals surface area contributed by atoms with E-state index in [1.807, 2.05) is 0 Å². The number of carbonyl (C=O) groups is 1. The van der Waals surface area contributed by atoms with Crippen LogP contribution in [-0.4, -0.2) is 67.0 Å². The summed E-state index contributed by atoms with van der Waals surface area (Å²) >= 11 is 0. The van der Waals surface area contributed by atoms with Crippen molar-refractivity contribution in [1.29, 1.82) is 0 Å². The predicted molar refractivity (Wildman–Crippen MR) is 48.0 cm³/mol. The van der Waals surface area contributed by atoms with Gasteiger partial charge in [0.1, 0.15) is 6.04 Å². The van der Waals surface area contributed by atoms with E-state index in [0.717, 1.165) is 4.90 Å². The van der Waals surface area contributed by atoms with Crippen molar-refractivity contribution in [3.05, 3.63) is 0 Å². The van der Waals surface area contributed by atoms with Gasteiger partial charge in [0.05, 0.1) is 19.8 Å². The van der Waals surface area contributed by atoms with E-state index in [0.29, 0.717) is 0 Å². The Morgan fingerprint density at radius 3 is 2.47 bits per heavy atom. The minimum atomic E-state index is -2.64. The Hall–Kier alpha value is -0.790. The third-order valence-electron chi connectivity index (χ3n) is 1.81. The summed E-state index contributed by atoms with van der Waals surface area (Å²) in [5.74, 6) is -1.24. The molecular weight excluding hydrogens is 212 g/mol. The number of aliphatic hydroxyl groups is 1. The van der Waals surface area contributed by atoms with Crippen LogP contribution in [0.1, 0.15) is 0 Å². The van der Waals surface area contributed by atoms with Crippen molar-refractivity contribution in [2.75, 3.05) is 33.4 Å². The van der Waals surface area contributed by atoms with Crippen LogP contribution in [0.2, 0.25) is 0 Å². The number of hydrogen-bond acceptors (Lipinski definition) is 4. The average molecular weight is 227 g/mol. The zero-order valence-corrected chi connectivity index (χ0v) is 8.40. The number of hydrogen-bond donors (Lipinski definition) is 2. The van der Waals surface area contributed by atoms with Crippen molar-refractivity contribution < 1.29 is 28.5 Å². The molecule has 0 saturated heterocycles. The molecular formula is C8H15F2NO4. The Labute approximate surface area is 86.2 Å². The fourth-order valence-corrected chi connectivity index (χ4v) is 1.17. The van der Waals surface area contributed by atoms with Gasteiger partial charge in [-0.2, -0.15) is 0 Å². The maximum atomic E-state index is 12.1. The molecule has 0 amide bonds. The quantitative estimate of drug-likeness (QED) is 0.593. The first-order valence-electron chi connectivity index (χ1n) is 4.37. The van der Waals surface area contributed by atoms with Crippen LogP contribution in [0.5, 0.6) is 0 Å². The van der Waals surface area contributed by atoms with Crippen LogP contribution >= 0.6 is 0 Å². The first-order chi connectivity index (χ1) is 7.02. The normalized spacial score (nSPS) is 13.5. The second-order valence-electron chi connectivity index (χ2n) is 2.92. The monoisotopic (exact) mass is 227 g/mol. The minimum Gasteiger partial charge on any atom is -0.480 e. The Morgan fingerprint density at radius 2 is 2.13 bits per heavy atom. The molecule has 0 fully saturated rings. The molecule has 0 aliphatic carbocycles.